The van der Waals surface area contributed by atoms with Gasteiger partial charge < -0.3 is 9.64 Å². The van der Waals surface area contributed by atoms with Crippen LogP contribution >= 0.6 is 0 Å². The highest BCUT2D eigenvalue weighted by atomic mass is 16.5. The van der Waals surface area contributed by atoms with Crippen LogP contribution in [0, 0.1) is 12.3 Å². The molecule has 140 valence electrons. The van der Waals surface area contributed by atoms with Gasteiger partial charge in [0, 0.05) is 31.9 Å². The average molecular weight is 366 g/mol. The Labute approximate surface area is 157 Å². The molecule has 4 heterocycles. The molecule has 0 saturated carbocycles. The van der Waals surface area contributed by atoms with Gasteiger partial charge in [0.15, 0.2) is 0 Å². The van der Waals surface area contributed by atoms with E-state index in [9.17, 15) is 4.79 Å². The van der Waals surface area contributed by atoms with E-state index in [2.05, 4.69) is 21.1 Å². The minimum Gasteiger partial charge on any atom is -0.479 e. The Hall–Kier alpha value is -3.34. The third-order valence-corrected chi connectivity index (χ3v) is 4.32. The summed E-state index contributed by atoms with van der Waals surface area (Å²) >= 11 is 0. The van der Waals surface area contributed by atoms with Gasteiger partial charge in [0.2, 0.25) is 5.88 Å². The monoisotopic (exact) mass is 366 g/mol. The fourth-order valence-electron chi connectivity index (χ4n) is 2.93. The molecule has 1 aliphatic rings. The molecule has 0 aromatic carbocycles. The molecule has 3 aromatic heterocycles. The zero-order chi connectivity index (χ0) is 19.2. The fraction of sp³-hybridized carbons (Fsp3) is 0.368. The lowest BCUT2D eigenvalue weighted by atomic mass is 10.1. The van der Waals surface area contributed by atoms with Crippen molar-refractivity contribution in [2.75, 3.05) is 20.2 Å². The third-order valence-electron chi connectivity index (χ3n) is 4.32. The number of likely N-dealkylation sites (tertiary alicyclic amines) is 1. The number of hydrogen-bond donors (Lipinski definition) is 0. The van der Waals surface area contributed by atoms with E-state index in [4.69, 9.17) is 11.2 Å². The lowest BCUT2D eigenvalue weighted by Gasteiger charge is -2.24. The number of hydrogen-bond acceptors (Lipinski definition) is 5. The second-order valence-electron chi connectivity index (χ2n) is 6.20. The Morgan fingerprint density at radius 2 is 2.00 bits per heavy atom. The van der Waals surface area contributed by atoms with Crippen LogP contribution in [0.25, 0.3) is 16.8 Å². The van der Waals surface area contributed by atoms with Crippen LogP contribution in [0.1, 0.15) is 19.3 Å². The number of aryl methyl sites for hydroxylation is 1. The lowest BCUT2D eigenvalue weighted by Crippen LogP contribution is -2.34. The van der Waals surface area contributed by atoms with Crippen molar-refractivity contribution in [1.82, 2.24) is 29.3 Å². The number of methoxy groups -OCH3 is 1. The molecule has 3 aromatic rings. The number of rotatable bonds is 2. The highest BCUT2D eigenvalue weighted by molar-refractivity contribution is 5.92. The van der Waals surface area contributed by atoms with E-state index in [1.54, 1.807) is 33.6 Å². The molecule has 27 heavy (non-hydrogen) atoms. The van der Waals surface area contributed by atoms with E-state index in [1.807, 2.05) is 25.5 Å². The van der Waals surface area contributed by atoms with Crippen molar-refractivity contribution in [2.45, 2.75) is 19.3 Å². The number of carbonyl (C=O) groups excluding carboxylic acids is 1. The highest BCUT2D eigenvalue weighted by Gasteiger charge is 2.13. The Bertz CT molecular complexity index is 962. The maximum atomic E-state index is 10.9. The molecule has 0 aliphatic carbocycles. The fourth-order valence-corrected chi connectivity index (χ4v) is 2.93. The molecule has 1 saturated heterocycles. The van der Waals surface area contributed by atoms with E-state index in [-0.39, 0.29) is 5.91 Å². The van der Waals surface area contributed by atoms with Crippen LogP contribution in [0.3, 0.4) is 0 Å². The Kier molecular flexibility index (Phi) is 5.71. The Balaban J connectivity index is 0.000000180. The van der Waals surface area contributed by atoms with E-state index >= 15 is 0 Å². The van der Waals surface area contributed by atoms with Crippen molar-refractivity contribution in [3.8, 4) is 29.5 Å². The van der Waals surface area contributed by atoms with Gasteiger partial charge in [0.05, 0.1) is 31.4 Å². The topological polar surface area (TPSA) is 77.6 Å². The van der Waals surface area contributed by atoms with Crippen molar-refractivity contribution in [3.63, 3.8) is 0 Å². The number of amides is 1. The first-order valence-electron chi connectivity index (χ1n) is 8.75. The predicted octanol–water partition coefficient (Wildman–Crippen LogP) is 1.77. The Morgan fingerprint density at radius 1 is 1.22 bits per heavy atom. The predicted molar refractivity (Wildman–Crippen MR) is 101 cm³/mol. The number of ether oxygens (including phenoxy) is 1. The van der Waals surface area contributed by atoms with Crippen molar-refractivity contribution < 1.29 is 9.53 Å². The van der Waals surface area contributed by atoms with Crippen LogP contribution in [-0.4, -0.2) is 55.4 Å². The molecule has 0 bridgehead atoms. The van der Waals surface area contributed by atoms with E-state index < -0.39 is 0 Å². The maximum Gasteiger partial charge on any atom is 0.298 e. The first-order chi connectivity index (χ1) is 13.1. The molecule has 1 fully saturated rings. The lowest BCUT2D eigenvalue weighted by molar-refractivity contribution is -0.125. The number of piperidine rings is 1. The zero-order valence-corrected chi connectivity index (χ0v) is 15.5. The summed E-state index contributed by atoms with van der Waals surface area (Å²) in [6.07, 6.45) is 15.6. The molecule has 8 heteroatoms. The van der Waals surface area contributed by atoms with Crippen LogP contribution in [0.15, 0.2) is 30.9 Å². The summed E-state index contributed by atoms with van der Waals surface area (Å²) in [6.45, 7) is 1.70. The summed E-state index contributed by atoms with van der Waals surface area (Å²) in [5.41, 5.74) is 2.56. The van der Waals surface area contributed by atoms with Gasteiger partial charge in [-0.1, -0.05) is 0 Å². The number of terminal acetylenes is 1. The number of nitrogens with zero attached hydrogens (tertiary/aromatic N) is 6. The normalized spacial score (nSPS) is 13.6. The van der Waals surface area contributed by atoms with Crippen LogP contribution < -0.4 is 4.74 Å². The van der Waals surface area contributed by atoms with Crippen LogP contribution in [0.2, 0.25) is 0 Å². The summed E-state index contributed by atoms with van der Waals surface area (Å²) in [4.78, 5) is 17.0. The molecule has 1 aliphatic heterocycles. The third kappa shape index (κ3) is 4.26. The average Bonchev–Trinajstić information content (AvgIpc) is 3.36. The van der Waals surface area contributed by atoms with Crippen LogP contribution in [-0.2, 0) is 11.8 Å². The minimum atomic E-state index is -0.153. The summed E-state index contributed by atoms with van der Waals surface area (Å²) in [5, 5.41) is 8.31. The molecular formula is C19H22N6O2. The maximum absolute atomic E-state index is 10.9. The van der Waals surface area contributed by atoms with Gasteiger partial charge in [-0.05, 0) is 31.2 Å². The standard InChI is InChI=1S/C11H11N5O.C8H11NO/c1-15-6-8(5-13-15)9-7-16-10(3-4-12-16)11(14-9)17-2;1-2-8(10)9-6-4-3-5-7-9/h3-7H,1-2H3;1H,3-7H2. The van der Waals surface area contributed by atoms with Crippen molar-refractivity contribution in [3.05, 3.63) is 30.9 Å². The van der Waals surface area contributed by atoms with E-state index in [0.29, 0.717) is 5.88 Å². The van der Waals surface area contributed by atoms with Gasteiger partial charge in [0.1, 0.15) is 5.52 Å². The number of fused-ring (bicyclic) bond motifs is 1. The smallest absolute Gasteiger partial charge is 0.298 e. The molecule has 0 radical (unpaired) electrons. The summed E-state index contributed by atoms with van der Waals surface area (Å²) in [5.74, 6) is 2.53. The SMILES string of the molecule is C#CC(=O)N1CCCCC1.COc1nc(-c2cnn(C)c2)cn2nccc12. The zero-order valence-electron chi connectivity index (χ0n) is 15.5. The van der Waals surface area contributed by atoms with Crippen molar-refractivity contribution in [2.24, 2.45) is 7.05 Å². The second kappa shape index (κ2) is 8.36. The van der Waals surface area contributed by atoms with Gasteiger partial charge in [-0.25, -0.2) is 9.50 Å². The van der Waals surface area contributed by atoms with Crippen LogP contribution in [0.4, 0.5) is 0 Å². The molecular weight excluding hydrogens is 344 g/mol. The van der Waals surface area contributed by atoms with Gasteiger partial charge in [-0.2, -0.15) is 10.2 Å². The first kappa shape index (κ1) is 18.5. The van der Waals surface area contributed by atoms with Crippen molar-refractivity contribution in [1.29, 1.82) is 0 Å². The van der Waals surface area contributed by atoms with Gasteiger partial charge in [-0.3, -0.25) is 9.48 Å². The largest absolute Gasteiger partial charge is 0.479 e. The van der Waals surface area contributed by atoms with E-state index in [0.717, 1.165) is 42.7 Å². The molecule has 4 rings (SSSR count). The summed E-state index contributed by atoms with van der Waals surface area (Å²) in [7, 11) is 3.47. The minimum absolute atomic E-state index is 0.153. The van der Waals surface area contributed by atoms with Gasteiger partial charge in [0.25, 0.3) is 5.91 Å². The molecule has 0 atom stereocenters. The molecule has 0 spiro atoms. The highest BCUT2D eigenvalue weighted by Crippen LogP contribution is 2.22. The molecule has 1 amide bonds. The quantitative estimate of drug-likeness (QED) is 0.646. The molecule has 0 N–H and O–H groups in total. The second-order valence-corrected chi connectivity index (χ2v) is 6.20. The molecule has 8 nitrogen and oxygen atoms in total. The van der Waals surface area contributed by atoms with Gasteiger partial charge >= 0.3 is 0 Å². The van der Waals surface area contributed by atoms with Gasteiger partial charge in [-0.15, -0.1) is 6.42 Å². The number of carbonyl (C=O) groups is 1. The Morgan fingerprint density at radius 3 is 2.63 bits per heavy atom. The first-order valence-corrected chi connectivity index (χ1v) is 8.75. The van der Waals surface area contributed by atoms with Crippen molar-refractivity contribution >= 4 is 11.4 Å². The number of aromatic nitrogens is 5. The summed E-state index contributed by atoms with van der Waals surface area (Å²) < 4.78 is 8.73. The van der Waals surface area contributed by atoms with E-state index in [1.165, 1.54) is 6.42 Å². The summed E-state index contributed by atoms with van der Waals surface area (Å²) in [6, 6.07) is 1.86. The molecule has 0 unspecified atom stereocenters. The van der Waals surface area contributed by atoms with Crippen LogP contribution in [0.5, 0.6) is 5.88 Å².